The highest BCUT2D eigenvalue weighted by atomic mass is 35.5. The molecular weight excluding hydrogens is 483 g/mol. The minimum Gasteiger partial charge on any atom is -0.379 e. The average Bonchev–Trinajstić information content (AvgIpc) is 3.47. The van der Waals surface area contributed by atoms with Gasteiger partial charge in [0.2, 0.25) is 0 Å². The fourth-order valence-electron chi connectivity index (χ4n) is 6.16. The van der Waals surface area contributed by atoms with Gasteiger partial charge >= 0.3 is 0 Å². The van der Waals surface area contributed by atoms with Crippen LogP contribution in [0.1, 0.15) is 63.0 Å². The molecule has 0 bridgehead atoms. The summed E-state index contributed by atoms with van der Waals surface area (Å²) in [6, 6.07) is 8.22. The van der Waals surface area contributed by atoms with Gasteiger partial charge in [-0.2, -0.15) is 11.3 Å². The monoisotopic (exact) mass is 522 g/mol. The normalized spacial score (nSPS) is 24.5. The molecule has 3 atom stereocenters. The highest BCUT2D eigenvalue weighted by molar-refractivity contribution is 7.08. The molecule has 2 aliphatic heterocycles. The predicted molar refractivity (Wildman–Crippen MR) is 146 cm³/mol. The first-order chi connectivity index (χ1) is 16.4. The molecule has 2 aliphatic rings. The van der Waals surface area contributed by atoms with Crippen molar-refractivity contribution in [3.8, 4) is 0 Å². The van der Waals surface area contributed by atoms with E-state index < -0.39 is 0 Å². The molecule has 2 saturated heterocycles. The number of benzene rings is 1. The summed E-state index contributed by atoms with van der Waals surface area (Å²) in [6.07, 6.45) is 6.13. The topological polar surface area (TPSA) is 15.7 Å². The molecule has 3 heterocycles. The van der Waals surface area contributed by atoms with E-state index in [0.29, 0.717) is 16.9 Å². The molecule has 2 aromatic rings. The molecule has 188 valence electrons. The third-order valence-corrected chi connectivity index (χ3v) is 9.38. The zero-order chi connectivity index (χ0) is 24.1. The predicted octanol–water partition coefficient (Wildman–Crippen LogP) is 7.58. The van der Waals surface area contributed by atoms with Gasteiger partial charge in [-0.1, -0.05) is 42.6 Å². The molecule has 1 aromatic heterocycles. The largest absolute Gasteiger partial charge is 0.379 e. The summed E-state index contributed by atoms with van der Waals surface area (Å²) in [7, 11) is 1.89. The summed E-state index contributed by atoms with van der Waals surface area (Å²) in [5, 5.41) is 6.05. The highest BCUT2D eigenvalue weighted by Crippen LogP contribution is 2.37. The molecule has 0 amide bonds. The van der Waals surface area contributed by atoms with Crippen LogP contribution in [0, 0.1) is 11.8 Å². The minimum absolute atomic E-state index is 0.0422. The number of nitrogens with zero attached hydrogens (tertiary/aromatic N) is 2. The Labute approximate surface area is 220 Å². The van der Waals surface area contributed by atoms with Gasteiger partial charge in [-0.25, -0.2) is 0 Å². The molecule has 1 aromatic carbocycles. The molecule has 4 rings (SSSR count). The molecule has 2 unspecified atom stereocenters. The van der Waals surface area contributed by atoms with Crippen LogP contribution in [0.25, 0.3) is 0 Å². The smallest absolute Gasteiger partial charge is 0.0653 e. The van der Waals surface area contributed by atoms with Gasteiger partial charge in [-0.05, 0) is 97.6 Å². The minimum atomic E-state index is 0.0422. The lowest BCUT2D eigenvalue weighted by Gasteiger charge is -2.38. The Morgan fingerprint density at radius 2 is 1.91 bits per heavy atom. The van der Waals surface area contributed by atoms with Crippen molar-refractivity contribution < 1.29 is 4.74 Å². The van der Waals surface area contributed by atoms with Crippen molar-refractivity contribution in [2.45, 2.75) is 64.0 Å². The maximum atomic E-state index is 6.50. The van der Waals surface area contributed by atoms with Crippen molar-refractivity contribution in [2.75, 3.05) is 39.8 Å². The standard InChI is InChI=1S/C28H40Cl2N2OS/c1-4-10-28(2,33-3)15-21-7-11-31(12-8-21)17-24-18-32(19-26(24)23-9-13-34-20-23)16-22-5-6-25(29)14-27(22)30/h5-6,9,13-14,20-21,24,26H,4,7-8,10-12,15-19H2,1-3H3/t24?,26?,28-/m1/s1. The lowest BCUT2D eigenvalue weighted by atomic mass is 9.82. The van der Waals surface area contributed by atoms with E-state index in [9.17, 15) is 0 Å². The molecular formula is C28H40Cl2N2OS. The quantitative estimate of drug-likeness (QED) is 0.319. The summed E-state index contributed by atoms with van der Waals surface area (Å²) in [5.41, 5.74) is 2.72. The van der Waals surface area contributed by atoms with Crippen LogP contribution in [0.2, 0.25) is 10.0 Å². The van der Waals surface area contributed by atoms with Crippen LogP contribution in [-0.4, -0.2) is 55.2 Å². The molecule has 0 aliphatic carbocycles. The van der Waals surface area contributed by atoms with Crippen molar-refractivity contribution in [2.24, 2.45) is 11.8 Å². The van der Waals surface area contributed by atoms with Crippen molar-refractivity contribution >= 4 is 34.5 Å². The highest BCUT2D eigenvalue weighted by Gasteiger charge is 2.36. The molecule has 2 fully saturated rings. The zero-order valence-electron chi connectivity index (χ0n) is 20.9. The van der Waals surface area contributed by atoms with Crippen LogP contribution in [0.15, 0.2) is 35.0 Å². The van der Waals surface area contributed by atoms with Crippen LogP contribution in [0.4, 0.5) is 0 Å². The first-order valence-electron chi connectivity index (χ1n) is 12.8. The zero-order valence-corrected chi connectivity index (χ0v) is 23.3. The van der Waals surface area contributed by atoms with Gasteiger partial charge in [0.1, 0.15) is 0 Å². The van der Waals surface area contributed by atoms with E-state index in [1.165, 1.54) is 56.4 Å². The Balaban J connectivity index is 1.35. The number of hydrogen-bond donors (Lipinski definition) is 0. The summed E-state index contributed by atoms with van der Waals surface area (Å²) in [5.74, 6) is 2.03. The first-order valence-corrected chi connectivity index (χ1v) is 14.5. The second-order valence-electron chi connectivity index (χ2n) is 10.7. The number of piperidine rings is 1. The number of rotatable bonds is 10. The van der Waals surface area contributed by atoms with Gasteiger partial charge in [0.25, 0.3) is 0 Å². The number of likely N-dealkylation sites (tertiary alicyclic amines) is 2. The van der Waals surface area contributed by atoms with Crippen molar-refractivity contribution in [3.05, 3.63) is 56.2 Å². The summed E-state index contributed by atoms with van der Waals surface area (Å²) < 4.78 is 5.91. The van der Waals surface area contributed by atoms with Crippen LogP contribution >= 0.6 is 34.5 Å². The number of ether oxygens (including phenoxy) is 1. The molecule has 0 radical (unpaired) electrons. The molecule has 34 heavy (non-hydrogen) atoms. The van der Waals surface area contributed by atoms with Crippen molar-refractivity contribution in [3.63, 3.8) is 0 Å². The van der Waals surface area contributed by atoms with Gasteiger partial charge in [-0.3, -0.25) is 4.90 Å². The lowest BCUT2D eigenvalue weighted by molar-refractivity contribution is -0.0286. The Morgan fingerprint density at radius 1 is 1.12 bits per heavy atom. The second kappa shape index (κ2) is 12.1. The van der Waals surface area contributed by atoms with Gasteiger partial charge in [-0.15, -0.1) is 0 Å². The summed E-state index contributed by atoms with van der Waals surface area (Å²) in [4.78, 5) is 5.31. The Hall–Kier alpha value is -0.620. The third kappa shape index (κ3) is 6.78. The lowest BCUT2D eigenvalue weighted by Crippen LogP contribution is -2.41. The van der Waals surface area contributed by atoms with E-state index in [1.807, 2.05) is 30.6 Å². The van der Waals surface area contributed by atoms with Crippen molar-refractivity contribution in [1.82, 2.24) is 9.80 Å². The number of methoxy groups -OCH3 is 1. The average molecular weight is 524 g/mol. The fraction of sp³-hybridized carbons (Fsp3) is 0.643. The fourth-order valence-corrected chi connectivity index (χ4v) is 7.35. The van der Waals surface area contributed by atoms with Gasteiger partial charge in [0.15, 0.2) is 0 Å². The second-order valence-corrected chi connectivity index (χ2v) is 12.3. The third-order valence-electron chi connectivity index (χ3n) is 8.09. The molecule has 3 nitrogen and oxygen atoms in total. The maximum absolute atomic E-state index is 6.50. The van der Waals surface area contributed by atoms with Crippen LogP contribution in [0.3, 0.4) is 0 Å². The number of thiophene rings is 1. The Bertz CT molecular complexity index is 900. The SMILES string of the molecule is CCC[C@](C)(CC1CCN(CC2CN(Cc3ccc(Cl)cc3Cl)CC2c2ccsc2)CC1)OC. The van der Waals surface area contributed by atoms with Gasteiger partial charge < -0.3 is 9.64 Å². The Morgan fingerprint density at radius 3 is 2.56 bits per heavy atom. The number of halogens is 2. The molecule has 6 heteroatoms. The van der Waals surface area contributed by atoms with Crippen LogP contribution < -0.4 is 0 Å². The molecule has 0 saturated carbocycles. The van der Waals surface area contributed by atoms with E-state index >= 15 is 0 Å². The molecule has 0 N–H and O–H groups in total. The number of hydrogen-bond acceptors (Lipinski definition) is 4. The van der Waals surface area contributed by atoms with E-state index in [4.69, 9.17) is 27.9 Å². The van der Waals surface area contributed by atoms with Crippen LogP contribution in [-0.2, 0) is 11.3 Å². The van der Waals surface area contributed by atoms with E-state index in [-0.39, 0.29) is 5.60 Å². The van der Waals surface area contributed by atoms with Crippen LogP contribution in [0.5, 0.6) is 0 Å². The van der Waals surface area contributed by atoms with E-state index in [2.05, 4.69) is 46.5 Å². The summed E-state index contributed by atoms with van der Waals surface area (Å²) >= 11 is 14.4. The van der Waals surface area contributed by atoms with Crippen molar-refractivity contribution in [1.29, 1.82) is 0 Å². The van der Waals surface area contributed by atoms with E-state index in [1.54, 1.807) is 0 Å². The summed E-state index contributed by atoms with van der Waals surface area (Å²) in [6.45, 7) is 11.3. The molecule has 0 spiro atoms. The maximum Gasteiger partial charge on any atom is 0.0653 e. The van der Waals surface area contributed by atoms with Gasteiger partial charge in [0.05, 0.1) is 5.60 Å². The first kappa shape index (κ1) is 26.4. The Kier molecular flexibility index (Phi) is 9.39. The van der Waals surface area contributed by atoms with E-state index in [0.717, 1.165) is 37.0 Å². The van der Waals surface area contributed by atoms with Gasteiger partial charge in [0, 0.05) is 49.3 Å².